The average molecular weight is 391 g/mol. The van der Waals surface area contributed by atoms with Crippen molar-refractivity contribution in [2.24, 2.45) is 0 Å². The van der Waals surface area contributed by atoms with Gasteiger partial charge in [-0.05, 0) is 60.7 Å². The zero-order valence-electron chi connectivity index (χ0n) is 15.5. The smallest absolute Gasteiger partial charge is 0.0133 e. The van der Waals surface area contributed by atoms with Gasteiger partial charge in [0.25, 0.3) is 0 Å². The molecule has 0 spiro atoms. The lowest BCUT2D eigenvalue weighted by atomic mass is 10.3. The van der Waals surface area contributed by atoms with Crippen molar-refractivity contribution >= 4 is 35.3 Å². The van der Waals surface area contributed by atoms with Crippen LogP contribution in [0.1, 0.15) is 52.4 Å². The Labute approximate surface area is 167 Å². The number of thioether (sulfide) groups is 2. The summed E-state index contributed by atoms with van der Waals surface area (Å²) in [6.07, 6.45) is 7.90. The first-order chi connectivity index (χ1) is 12.3. The molecule has 136 valence electrons. The number of unbranched alkanes of at least 4 members (excludes halogenated alkanes) is 4. The van der Waals surface area contributed by atoms with Crippen LogP contribution in [0.3, 0.4) is 0 Å². The van der Waals surface area contributed by atoms with Crippen molar-refractivity contribution in [3.8, 4) is 0 Å². The molecule has 0 radical (unpaired) electrons. The first-order valence-electron chi connectivity index (χ1n) is 9.45. The summed E-state index contributed by atoms with van der Waals surface area (Å²) < 4.78 is 0. The average Bonchev–Trinajstić information content (AvgIpc) is 2.63. The Kier molecular flexibility index (Phi) is 10.6. The first-order valence-corrected chi connectivity index (χ1v) is 12.2. The van der Waals surface area contributed by atoms with Gasteiger partial charge in [0.05, 0.1) is 0 Å². The summed E-state index contributed by atoms with van der Waals surface area (Å²) in [5.41, 5.74) is 0. The van der Waals surface area contributed by atoms with Crippen LogP contribution in [-0.2, 0) is 0 Å². The molecule has 3 heteroatoms. The minimum absolute atomic E-state index is 1.23. The van der Waals surface area contributed by atoms with Crippen molar-refractivity contribution in [1.82, 2.24) is 0 Å². The van der Waals surface area contributed by atoms with Gasteiger partial charge >= 0.3 is 0 Å². The summed E-state index contributed by atoms with van der Waals surface area (Å²) in [5.74, 6) is 2.46. The van der Waals surface area contributed by atoms with E-state index in [0.29, 0.717) is 0 Å². The van der Waals surface area contributed by atoms with Crippen LogP contribution < -0.4 is 0 Å². The molecule has 0 aliphatic heterocycles. The normalized spacial score (nSPS) is 11.0. The summed E-state index contributed by atoms with van der Waals surface area (Å²) >= 11 is 5.85. The van der Waals surface area contributed by atoms with Crippen molar-refractivity contribution in [2.75, 3.05) is 11.5 Å². The molecule has 2 rings (SSSR count). The largest absolute Gasteiger partial charge is 0.126 e. The fourth-order valence-corrected chi connectivity index (χ4v) is 5.50. The van der Waals surface area contributed by atoms with Crippen molar-refractivity contribution < 1.29 is 0 Å². The summed E-state index contributed by atoms with van der Waals surface area (Å²) in [4.78, 5) is 5.47. The summed E-state index contributed by atoms with van der Waals surface area (Å²) in [7, 11) is 0. The van der Waals surface area contributed by atoms with Gasteiger partial charge in [0.1, 0.15) is 0 Å². The van der Waals surface area contributed by atoms with Crippen LogP contribution in [0.4, 0.5) is 0 Å². The maximum Gasteiger partial charge on any atom is 0.0133 e. The second kappa shape index (κ2) is 12.8. The maximum absolute atomic E-state index is 2.34. The monoisotopic (exact) mass is 390 g/mol. The molecule has 0 heterocycles. The summed E-state index contributed by atoms with van der Waals surface area (Å²) in [6.45, 7) is 4.52. The molecule has 25 heavy (non-hydrogen) atoms. The van der Waals surface area contributed by atoms with E-state index in [-0.39, 0.29) is 0 Å². The van der Waals surface area contributed by atoms with Gasteiger partial charge < -0.3 is 0 Å². The molecule has 2 aromatic carbocycles. The van der Waals surface area contributed by atoms with E-state index in [1.165, 1.54) is 69.6 Å². The summed E-state index contributed by atoms with van der Waals surface area (Å²) in [6, 6.07) is 18.0. The highest BCUT2D eigenvalue weighted by Gasteiger charge is 2.02. The molecule has 0 nitrogen and oxygen atoms in total. The second-order valence-electron chi connectivity index (χ2n) is 6.16. The molecular weight excluding hydrogens is 360 g/mol. The van der Waals surface area contributed by atoms with Gasteiger partial charge in [-0.15, -0.1) is 23.5 Å². The van der Waals surface area contributed by atoms with Crippen molar-refractivity contribution in [3.05, 3.63) is 48.5 Å². The Morgan fingerprint density at radius 3 is 1.48 bits per heavy atom. The molecule has 0 saturated heterocycles. The van der Waals surface area contributed by atoms with Crippen LogP contribution in [0.5, 0.6) is 0 Å². The van der Waals surface area contributed by atoms with Crippen molar-refractivity contribution in [2.45, 2.75) is 72.0 Å². The van der Waals surface area contributed by atoms with Gasteiger partial charge in [-0.2, -0.15) is 0 Å². The molecular formula is C22H30S3. The van der Waals surface area contributed by atoms with Gasteiger partial charge in [0.15, 0.2) is 0 Å². The van der Waals surface area contributed by atoms with Gasteiger partial charge in [0.2, 0.25) is 0 Å². The highest BCUT2D eigenvalue weighted by Crippen LogP contribution is 2.33. The lowest BCUT2D eigenvalue weighted by molar-refractivity contribution is 0.778. The van der Waals surface area contributed by atoms with E-state index >= 15 is 0 Å². The van der Waals surface area contributed by atoms with Crippen molar-refractivity contribution in [1.29, 1.82) is 0 Å². The maximum atomic E-state index is 2.34. The standard InChI is InChI=1S/C22H30S3/c1-3-5-7-15-23-19-11-9-13-21(17-19)25-22-14-10-12-20(18-22)24-16-8-6-4-2/h9-14,17-18H,3-8,15-16H2,1-2H3. The lowest BCUT2D eigenvalue weighted by Gasteiger charge is -2.07. The van der Waals surface area contributed by atoms with Crippen LogP contribution in [0.15, 0.2) is 68.1 Å². The molecule has 0 aromatic heterocycles. The minimum Gasteiger partial charge on any atom is -0.126 e. The van der Waals surface area contributed by atoms with E-state index in [1.807, 2.05) is 35.3 Å². The van der Waals surface area contributed by atoms with E-state index in [4.69, 9.17) is 0 Å². The van der Waals surface area contributed by atoms with E-state index in [2.05, 4.69) is 62.4 Å². The number of benzene rings is 2. The molecule has 0 N–H and O–H groups in total. The van der Waals surface area contributed by atoms with Crippen LogP contribution in [0.25, 0.3) is 0 Å². The Bertz CT molecular complexity index is 556. The fraction of sp³-hybridized carbons (Fsp3) is 0.455. The van der Waals surface area contributed by atoms with Gasteiger partial charge in [-0.1, -0.05) is 63.4 Å². The number of hydrogen-bond acceptors (Lipinski definition) is 3. The molecule has 0 saturated carbocycles. The third-order valence-corrected chi connectivity index (χ3v) is 7.02. The zero-order chi connectivity index (χ0) is 17.7. The zero-order valence-corrected chi connectivity index (χ0v) is 17.9. The highest BCUT2D eigenvalue weighted by atomic mass is 32.2. The third-order valence-electron chi connectivity index (χ3n) is 3.88. The van der Waals surface area contributed by atoms with E-state index in [9.17, 15) is 0 Å². The molecule has 0 fully saturated rings. The van der Waals surface area contributed by atoms with Gasteiger partial charge in [-0.25, -0.2) is 0 Å². The van der Waals surface area contributed by atoms with Crippen LogP contribution >= 0.6 is 35.3 Å². The molecule has 0 unspecified atom stereocenters. The van der Waals surface area contributed by atoms with Crippen LogP contribution in [0, 0.1) is 0 Å². The third kappa shape index (κ3) is 8.61. The predicted octanol–water partition coefficient (Wildman–Crippen LogP) is 8.40. The first kappa shape index (κ1) is 20.8. The Morgan fingerprint density at radius 1 is 0.600 bits per heavy atom. The molecule has 0 aliphatic carbocycles. The fourth-order valence-electron chi connectivity index (χ4n) is 2.48. The van der Waals surface area contributed by atoms with Gasteiger partial charge in [-0.3, -0.25) is 0 Å². The van der Waals surface area contributed by atoms with Gasteiger partial charge in [0, 0.05) is 19.6 Å². The van der Waals surface area contributed by atoms with E-state index in [0.717, 1.165) is 0 Å². The Balaban J connectivity index is 1.88. The molecule has 0 aliphatic rings. The second-order valence-corrected chi connectivity index (χ2v) is 9.65. The highest BCUT2D eigenvalue weighted by molar-refractivity contribution is 8.00. The molecule has 2 aromatic rings. The molecule has 0 bridgehead atoms. The summed E-state index contributed by atoms with van der Waals surface area (Å²) in [5, 5.41) is 0. The van der Waals surface area contributed by atoms with E-state index in [1.54, 1.807) is 0 Å². The lowest BCUT2D eigenvalue weighted by Crippen LogP contribution is -1.82. The van der Waals surface area contributed by atoms with Crippen LogP contribution in [0.2, 0.25) is 0 Å². The Hall–Kier alpha value is -0.510. The molecule has 0 atom stereocenters. The predicted molar refractivity (Wildman–Crippen MR) is 118 cm³/mol. The number of rotatable bonds is 12. The SMILES string of the molecule is CCCCCSc1cccc(Sc2cccc(SCCCCC)c2)c1. The number of hydrogen-bond donors (Lipinski definition) is 0. The topological polar surface area (TPSA) is 0 Å². The van der Waals surface area contributed by atoms with Crippen molar-refractivity contribution in [3.63, 3.8) is 0 Å². The minimum atomic E-state index is 1.23. The van der Waals surface area contributed by atoms with Crippen LogP contribution in [-0.4, -0.2) is 11.5 Å². The van der Waals surface area contributed by atoms with E-state index < -0.39 is 0 Å². The Morgan fingerprint density at radius 2 is 1.04 bits per heavy atom. The quantitative estimate of drug-likeness (QED) is 0.264. The molecule has 0 amide bonds.